The molecule has 0 heterocycles. The number of guanidine groups is 2. The Balaban J connectivity index is 2.20. The van der Waals surface area contributed by atoms with E-state index in [9.17, 15) is 10.2 Å². The topological polar surface area (TPSA) is 124 Å². The summed E-state index contributed by atoms with van der Waals surface area (Å²) in [5.41, 5.74) is 12.5. The van der Waals surface area contributed by atoms with Crippen LogP contribution >= 0.6 is 0 Å². The van der Waals surface area contributed by atoms with Gasteiger partial charge in [-0.15, -0.1) is 0 Å². The molecule has 0 unspecified atom stereocenters. The normalized spacial score (nSPS) is 11.0. The first-order valence-electron chi connectivity index (χ1n) is 8.61. The Morgan fingerprint density at radius 3 is 1.79 bits per heavy atom. The highest BCUT2D eigenvalue weighted by atomic mass is 16.3. The van der Waals surface area contributed by atoms with E-state index in [-0.39, 0.29) is 23.4 Å². The van der Waals surface area contributed by atoms with Crippen molar-refractivity contribution in [3.63, 3.8) is 0 Å². The number of aromatic hydroxyl groups is 2. The van der Waals surface area contributed by atoms with E-state index in [1.54, 1.807) is 54.2 Å². The van der Waals surface area contributed by atoms with Crippen LogP contribution in [0.15, 0.2) is 70.9 Å². The lowest BCUT2D eigenvalue weighted by molar-refractivity contribution is 0.388. The smallest absolute Gasteiger partial charge is 0.230 e. The van der Waals surface area contributed by atoms with Gasteiger partial charge in [0.25, 0.3) is 0 Å². The van der Waals surface area contributed by atoms with Crippen molar-refractivity contribution in [2.24, 2.45) is 21.5 Å². The second-order valence-electron chi connectivity index (χ2n) is 6.33. The highest BCUT2D eigenvalue weighted by molar-refractivity contribution is 5.93. The van der Waals surface area contributed by atoms with Crippen LogP contribution in [0.1, 0.15) is 11.1 Å². The van der Waals surface area contributed by atoms with Crippen LogP contribution in [0.25, 0.3) is 0 Å². The number of phenolic OH excluding ortho intramolecular Hbond substituents is 2. The fourth-order valence-corrected chi connectivity index (χ4v) is 2.47. The van der Waals surface area contributed by atoms with Gasteiger partial charge in [0.15, 0.2) is 5.96 Å². The Labute approximate surface area is 164 Å². The Morgan fingerprint density at radius 1 is 0.857 bits per heavy atom. The van der Waals surface area contributed by atoms with Crippen molar-refractivity contribution in [2.45, 2.75) is 13.1 Å². The van der Waals surface area contributed by atoms with Crippen LogP contribution in [0, 0.1) is 0 Å². The van der Waals surface area contributed by atoms with Crippen LogP contribution in [0.4, 0.5) is 0 Å². The van der Waals surface area contributed by atoms with Crippen molar-refractivity contribution in [1.29, 1.82) is 0 Å². The molecule has 0 radical (unpaired) electrons. The van der Waals surface area contributed by atoms with Crippen molar-refractivity contribution < 1.29 is 10.2 Å². The first kappa shape index (κ1) is 20.6. The molecule has 0 saturated carbocycles. The van der Waals surface area contributed by atoms with Crippen LogP contribution in [0.3, 0.4) is 0 Å². The molecule has 0 amide bonds. The molecule has 0 spiro atoms. The number of phenols is 2. The lowest BCUT2D eigenvalue weighted by atomic mass is 10.2. The lowest BCUT2D eigenvalue weighted by Gasteiger charge is -2.23. The number of benzene rings is 2. The summed E-state index contributed by atoms with van der Waals surface area (Å²) in [6.07, 6.45) is 0. The van der Waals surface area contributed by atoms with Gasteiger partial charge in [0.05, 0.1) is 0 Å². The van der Waals surface area contributed by atoms with Crippen LogP contribution in [0.2, 0.25) is 0 Å². The second-order valence-corrected chi connectivity index (χ2v) is 6.33. The average molecular weight is 382 g/mol. The highest BCUT2D eigenvalue weighted by Gasteiger charge is 2.12. The fraction of sp³-hybridized carbons (Fsp3) is 0.200. The Kier molecular flexibility index (Phi) is 6.86. The van der Waals surface area contributed by atoms with Gasteiger partial charge in [-0.1, -0.05) is 43.0 Å². The molecule has 0 aliphatic rings. The summed E-state index contributed by atoms with van der Waals surface area (Å²) in [6.45, 7) is 4.72. The summed E-state index contributed by atoms with van der Waals surface area (Å²) in [4.78, 5) is 12.0. The zero-order valence-corrected chi connectivity index (χ0v) is 16.1. The second kappa shape index (κ2) is 9.31. The molecule has 0 atom stereocenters. The Hall–Kier alpha value is -3.68. The van der Waals surface area contributed by atoms with Gasteiger partial charge >= 0.3 is 0 Å². The first-order valence-corrected chi connectivity index (χ1v) is 8.61. The molecule has 2 rings (SSSR count). The third kappa shape index (κ3) is 5.66. The third-order valence-electron chi connectivity index (χ3n) is 4.04. The summed E-state index contributed by atoms with van der Waals surface area (Å²) < 4.78 is 0. The minimum absolute atomic E-state index is 0.140. The molecular weight excluding hydrogens is 356 g/mol. The number of nitrogens with zero attached hydrogens (tertiary/aromatic N) is 4. The molecule has 2 aromatic carbocycles. The van der Waals surface area contributed by atoms with Crippen molar-refractivity contribution >= 4 is 11.9 Å². The maximum Gasteiger partial charge on any atom is 0.230 e. The van der Waals surface area contributed by atoms with Gasteiger partial charge in [-0.3, -0.25) is 0 Å². The summed E-state index contributed by atoms with van der Waals surface area (Å²) in [5, 5.41) is 19.9. The number of rotatable bonds is 6. The van der Waals surface area contributed by atoms with Crippen molar-refractivity contribution in [3.8, 4) is 11.5 Å². The van der Waals surface area contributed by atoms with E-state index in [1.165, 1.54) is 0 Å². The quantitative estimate of drug-likeness (QED) is 0.446. The zero-order chi connectivity index (χ0) is 20.7. The summed E-state index contributed by atoms with van der Waals surface area (Å²) in [7, 11) is 3.56. The minimum atomic E-state index is -0.140. The molecule has 148 valence electrons. The van der Waals surface area contributed by atoms with Crippen molar-refractivity contribution in [3.05, 3.63) is 72.1 Å². The molecule has 0 aromatic heterocycles. The maximum absolute atomic E-state index is 9.98. The minimum Gasteiger partial charge on any atom is -0.508 e. The molecule has 0 saturated heterocycles. The van der Waals surface area contributed by atoms with E-state index < -0.39 is 0 Å². The highest BCUT2D eigenvalue weighted by Crippen LogP contribution is 2.20. The zero-order valence-electron chi connectivity index (χ0n) is 16.1. The molecule has 28 heavy (non-hydrogen) atoms. The van der Waals surface area contributed by atoms with Gasteiger partial charge in [-0.05, 0) is 12.1 Å². The Morgan fingerprint density at radius 2 is 1.32 bits per heavy atom. The molecule has 0 fully saturated rings. The summed E-state index contributed by atoms with van der Waals surface area (Å²) in [6, 6.07) is 14.1. The van der Waals surface area contributed by atoms with Crippen LogP contribution < -0.4 is 11.5 Å². The molecule has 6 N–H and O–H groups in total. The SMILES string of the molecule is C=C(/N=C(\N=C(N)N)N(C)Cc1ccccc1O)N(C)Cc1ccccc1O. The molecule has 0 bridgehead atoms. The average Bonchev–Trinajstić information content (AvgIpc) is 2.64. The molecule has 2 aromatic rings. The number of hydrogen-bond donors (Lipinski definition) is 4. The number of hydrogen-bond acceptors (Lipinski definition) is 4. The summed E-state index contributed by atoms with van der Waals surface area (Å²) >= 11 is 0. The largest absolute Gasteiger partial charge is 0.508 e. The van der Waals surface area contributed by atoms with Gasteiger partial charge in [0.2, 0.25) is 5.96 Å². The number of aliphatic imine (C=N–C) groups is 2. The van der Waals surface area contributed by atoms with Gasteiger partial charge in [-0.25, -0.2) is 0 Å². The van der Waals surface area contributed by atoms with E-state index in [1.807, 2.05) is 18.2 Å². The lowest BCUT2D eigenvalue weighted by Crippen LogP contribution is -2.31. The predicted molar refractivity (Wildman–Crippen MR) is 112 cm³/mol. The van der Waals surface area contributed by atoms with E-state index in [2.05, 4.69) is 16.6 Å². The first-order chi connectivity index (χ1) is 13.3. The number of para-hydroxylation sites is 2. The van der Waals surface area contributed by atoms with E-state index >= 15 is 0 Å². The van der Waals surface area contributed by atoms with Gasteiger partial charge in [-0.2, -0.15) is 9.98 Å². The molecule has 8 heteroatoms. The maximum atomic E-state index is 9.98. The molecular formula is C20H26N6O2. The molecule has 0 aliphatic heterocycles. The van der Waals surface area contributed by atoms with E-state index in [0.717, 1.165) is 5.56 Å². The predicted octanol–water partition coefficient (Wildman–Crippen LogP) is 1.76. The van der Waals surface area contributed by atoms with Gasteiger partial charge in [0, 0.05) is 38.3 Å². The van der Waals surface area contributed by atoms with Gasteiger partial charge < -0.3 is 31.5 Å². The molecule has 0 aliphatic carbocycles. The molecule has 8 nitrogen and oxygen atoms in total. The van der Waals surface area contributed by atoms with Crippen LogP contribution in [-0.4, -0.2) is 46.0 Å². The third-order valence-corrected chi connectivity index (χ3v) is 4.04. The van der Waals surface area contributed by atoms with Crippen LogP contribution in [0.5, 0.6) is 11.5 Å². The van der Waals surface area contributed by atoms with E-state index in [4.69, 9.17) is 11.5 Å². The summed E-state index contributed by atoms with van der Waals surface area (Å²) in [5.74, 6) is 0.893. The Bertz CT molecular complexity index is 890. The fourth-order valence-electron chi connectivity index (χ4n) is 2.47. The van der Waals surface area contributed by atoms with Crippen LogP contribution in [-0.2, 0) is 13.1 Å². The van der Waals surface area contributed by atoms with E-state index in [0.29, 0.717) is 24.5 Å². The standard InChI is InChI=1S/C20H26N6O2/c1-14(25(2)12-15-8-4-6-10-17(15)27)23-20(24-19(21)22)26(3)13-16-9-5-7-11-18(16)28/h4-11,27-28H,1,12-13H2,2-3H3,(H4,21,22,23,24). The van der Waals surface area contributed by atoms with Gasteiger partial charge in [0.1, 0.15) is 17.3 Å². The number of nitrogens with two attached hydrogens (primary N) is 2. The van der Waals surface area contributed by atoms with Crippen molar-refractivity contribution in [1.82, 2.24) is 9.80 Å². The monoisotopic (exact) mass is 382 g/mol. The van der Waals surface area contributed by atoms with Crippen molar-refractivity contribution in [2.75, 3.05) is 14.1 Å².